The molecule has 3 saturated heterocycles. The van der Waals surface area contributed by atoms with E-state index in [0.717, 1.165) is 60.7 Å². The fourth-order valence-corrected chi connectivity index (χ4v) is 9.44. The Morgan fingerprint density at radius 1 is 0.976 bits per heavy atom. The molecule has 1 amide bonds. The highest BCUT2D eigenvalue weighted by atomic mass is 32.1. The lowest BCUT2D eigenvalue weighted by Crippen LogP contribution is -2.53. The normalized spacial score (nSPS) is 26.1. The highest BCUT2D eigenvalue weighted by Crippen LogP contribution is 2.50. The maximum atomic E-state index is 13.3. The molecule has 0 saturated carbocycles. The summed E-state index contributed by atoms with van der Waals surface area (Å²) in [7, 11) is 0. The number of likely N-dealkylation sites (tertiary alicyclic amines) is 1. The van der Waals surface area contributed by atoms with Gasteiger partial charge in [-0.15, -0.1) is 11.3 Å². The van der Waals surface area contributed by atoms with Gasteiger partial charge in [-0.05, 0) is 112 Å². The van der Waals surface area contributed by atoms with Crippen LogP contribution in [0.25, 0.3) is 11.0 Å². The van der Waals surface area contributed by atoms with E-state index in [2.05, 4.69) is 95.8 Å². The third-order valence-electron chi connectivity index (χ3n) is 10.8. The summed E-state index contributed by atoms with van der Waals surface area (Å²) in [5.74, 6) is 1.36. The number of para-hydroxylation sites is 2. The first kappa shape index (κ1) is 26.9. The molecule has 3 fully saturated rings. The molecule has 0 spiro atoms. The number of aromatic nitrogens is 2. The van der Waals surface area contributed by atoms with Crippen LogP contribution in [0.4, 0.5) is 0 Å². The summed E-state index contributed by atoms with van der Waals surface area (Å²) in [4.78, 5) is 24.1. The van der Waals surface area contributed by atoms with Crippen molar-refractivity contribution in [2.75, 3.05) is 19.6 Å². The van der Waals surface area contributed by atoms with Gasteiger partial charge >= 0.3 is 0 Å². The maximum Gasteiger partial charge on any atom is 0.264 e. The summed E-state index contributed by atoms with van der Waals surface area (Å²) < 4.78 is 2.54. The molecular weight excluding hydrogens is 524 g/mol. The van der Waals surface area contributed by atoms with Crippen LogP contribution in [0.3, 0.4) is 0 Å². The van der Waals surface area contributed by atoms with Crippen molar-refractivity contribution in [1.82, 2.24) is 19.4 Å². The maximum absolute atomic E-state index is 13.3. The summed E-state index contributed by atoms with van der Waals surface area (Å²) in [5, 5.41) is 2.04. The lowest BCUT2D eigenvalue weighted by atomic mass is 9.70. The van der Waals surface area contributed by atoms with Gasteiger partial charge in [-0.3, -0.25) is 9.69 Å². The van der Waals surface area contributed by atoms with E-state index in [1.54, 1.807) is 11.3 Å². The van der Waals surface area contributed by atoms with E-state index < -0.39 is 0 Å². The number of hydrogen-bond donors (Lipinski definition) is 0. The Hall–Kier alpha value is -2.96. The number of carbonyl (C=O) groups is 1. The molecule has 0 radical (unpaired) electrons. The zero-order valence-corrected chi connectivity index (χ0v) is 25.5. The van der Waals surface area contributed by atoms with Crippen molar-refractivity contribution in [2.45, 2.75) is 88.8 Å². The molecule has 41 heavy (non-hydrogen) atoms. The standard InChI is InChI=1S/C35H42N4OS/c1-25-14-22-41-32(25)33(40)37-19-16-35(17-20-37,27-9-5-4-6-10-27)18-21-38-28-13-15-34(38,3)24-29(23-28)39-26(2)36-30-11-7-8-12-31(30)39/h4-12,14,22,28-29H,13,15-21,23-24H2,1-3H3/t28-,29?,34?/m1/s1. The van der Waals surface area contributed by atoms with Crippen LogP contribution in [0.1, 0.15) is 84.5 Å². The molecule has 4 aromatic rings. The smallest absolute Gasteiger partial charge is 0.264 e. The van der Waals surface area contributed by atoms with Gasteiger partial charge < -0.3 is 9.47 Å². The lowest BCUT2D eigenvalue weighted by Gasteiger charge is -2.49. The van der Waals surface area contributed by atoms with Crippen LogP contribution in [0.15, 0.2) is 66.0 Å². The third-order valence-corrected chi connectivity index (χ3v) is 11.8. The molecule has 2 unspecified atom stereocenters. The zero-order valence-electron chi connectivity index (χ0n) is 24.7. The van der Waals surface area contributed by atoms with Crippen molar-refractivity contribution >= 4 is 28.3 Å². The summed E-state index contributed by atoms with van der Waals surface area (Å²) in [5.41, 5.74) is 5.30. The monoisotopic (exact) mass is 566 g/mol. The van der Waals surface area contributed by atoms with Crippen molar-refractivity contribution in [3.63, 3.8) is 0 Å². The second-order valence-corrected chi connectivity index (χ2v) is 14.0. The molecule has 7 rings (SSSR count). The number of benzene rings is 2. The van der Waals surface area contributed by atoms with E-state index in [0.29, 0.717) is 12.1 Å². The summed E-state index contributed by atoms with van der Waals surface area (Å²) in [6, 6.07) is 23.0. The van der Waals surface area contributed by atoms with Crippen molar-refractivity contribution < 1.29 is 4.79 Å². The minimum atomic E-state index is 0.117. The predicted molar refractivity (Wildman–Crippen MR) is 168 cm³/mol. The molecule has 3 aliphatic heterocycles. The number of nitrogens with zero attached hydrogens (tertiary/aromatic N) is 4. The van der Waals surface area contributed by atoms with E-state index >= 15 is 0 Å². The van der Waals surface area contributed by atoms with Gasteiger partial charge in [0, 0.05) is 30.7 Å². The molecule has 6 heteroatoms. The molecule has 5 nitrogen and oxygen atoms in total. The number of fused-ring (bicyclic) bond motifs is 3. The highest BCUT2D eigenvalue weighted by molar-refractivity contribution is 7.12. The van der Waals surface area contributed by atoms with E-state index in [9.17, 15) is 4.79 Å². The van der Waals surface area contributed by atoms with Gasteiger partial charge in [-0.25, -0.2) is 4.98 Å². The number of rotatable bonds is 6. The number of hydrogen-bond acceptors (Lipinski definition) is 4. The Kier molecular flexibility index (Phi) is 6.82. The van der Waals surface area contributed by atoms with E-state index in [1.807, 2.05) is 5.38 Å². The highest BCUT2D eigenvalue weighted by Gasteiger charge is 2.50. The molecule has 0 N–H and O–H groups in total. The van der Waals surface area contributed by atoms with Gasteiger partial charge in [0.2, 0.25) is 0 Å². The first-order chi connectivity index (χ1) is 19.9. The molecule has 0 aliphatic carbocycles. The Bertz CT molecular complexity index is 1550. The molecule has 3 atom stereocenters. The fraction of sp³-hybridized carbons (Fsp3) is 0.486. The van der Waals surface area contributed by atoms with Crippen molar-refractivity contribution in [1.29, 1.82) is 0 Å². The summed E-state index contributed by atoms with van der Waals surface area (Å²) in [6.45, 7) is 9.55. The van der Waals surface area contributed by atoms with Crippen LogP contribution < -0.4 is 0 Å². The summed E-state index contributed by atoms with van der Waals surface area (Å²) >= 11 is 1.58. The second kappa shape index (κ2) is 10.4. The fourth-order valence-electron chi connectivity index (χ4n) is 8.54. The van der Waals surface area contributed by atoms with Crippen molar-refractivity contribution in [3.05, 3.63) is 87.9 Å². The van der Waals surface area contributed by atoms with Gasteiger partial charge in [0.15, 0.2) is 0 Å². The van der Waals surface area contributed by atoms with Crippen molar-refractivity contribution in [3.8, 4) is 0 Å². The number of carbonyl (C=O) groups excluding carboxylic acids is 1. The predicted octanol–water partition coefficient (Wildman–Crippen LogP) is 7.54. The molecule has 2 aromatic heterocycles. The Morgan fingerprint density at radius 3 is 2.46 bits per heavy atom. The summed E-state index contributed by atoms with van der Waals surface area (Å²) in [6.07, 6.45) is 8.18. The molecule has 2 bridgehead atoms. The molecule has 2 aromatic carbocycles. The Balaban J connectivity index is 1.09. The zero-order chi connectivity index (χ0) is 28.2. The molecular formula is C35H42N4OS. The number of aryl methyl sites for hydroxylation is 2. The van der Waals surface area contributed by atoms with E-state index in [1.165, 1.54) is 36.8 Å². The van der Waals surface area contributed by atoms with Crippen LogP contribution in [0.5, 0.6) is 0 Å². The first-order valence-electron chi connectivity index (χ1n) is 15.5. The van der Waals surface area contributed by atoms with Crippen LogP contribution in [-0.4, -0.2) is 56.5 Å². The second-order valence-electron chi connectivity index (χ2n) is 13.1. The van der Waals surface area contributed by atoms with Gasteiger partial charge in [-0.1, -0.05) is 42.5 Å². The Morgan fingerprint density at radius 2 is 1.73 bits per heavy atom. The Labute approximate surface area is 248 Å². The number of imidazole rings is 1. The van der Waals surface area contributed by atoms with Crippen LogP contribution in [-0.2, 0) is 5.41 Å². The molecule has 5 heterocycles. The largest absolute Gasteiger partial charge is 0.338 e. The van der Waals surface area contributed by atoms with Crippen molar-refractivity contribution in [2.24, 2.45) is 0 Å². The van der Waals surface area contributed by atoms with Crippen LogP contribution in [0, 0.1) is 13.8 Å². The minimum Gasteiger partial charge on any atom is -0.338 e. The number of thiophene rings is 1. The first-order valence-corrected chi connectivity index (χ1v) is 16.3. The number of amides is 1. The average molecular weight is 567 g/mol. The van der Waals surface area contributed by atoms with Gasteiger partial charge in [0.1, 0.15) is 5.82 Å². The van der Waals surface area contributed by atoms with E-state index in [4.69, 9.17) is 4.98 Å². The van der Waals surface area contributed by atoms with Crippen LogP contribution >= 0.6 is 11.3 Å². The SMILES string of the molecule is Cc1ccsc1C(=O)N1CCC(CCN2[C@@H]3CCC2(C)CC(n2c(C)nc4ccccc42)C3)(c2ccccc2)CC1. The average Bonchev–Trinajstić information content (AvgIpc) is 3.62. The lowest BCUT2D eigenvalue weighted by molar-refractivity contribution is 0.0280. The topological polar surface area (TPSA) is 41.4 Å². The van der Waals surface area contributed by atoms with Gasteiger partial charge in [0.05, 0.1) is 15.9 Å². The van der Waals surface area contributed by atoms with E-state index in [-0.39, 0.29) is 16.9 Å². The van der Waals surface area contributed by atoms with Gasteiger partial charge in [0.25, 0.3) is 5.91 Å². The van der Waals surface area contributed by atoms with Gasteiger partial charge in [-0.2, -0.15) is 0 Å². The quantitative estimate of drug-likeness (QED) is 0.242. The minimum absolute atomic E-state index is 0.117. The third kappa shape index (κ3) is 4.64. The molecule has 3 aliphatic rings. The molecule has 214 valence electrons. The number of piperidine rings is 2. The van der Waals surface area contributed by atoms with Crippen LogP contribution in [0.2, 0.25) is 0 Å².